The average molecular weight is 353 g/mol. The number of piperidine rings is 1. The van der Waals surface area contributed by atoms with E-state index < -0.39 is 0 Å². The predicted molar refractivity (Wildman–Crippen MR) is 95.4 cm³/mol. The van der Waals surface area contributed by atoms with Gasteiger partial charge in [-0.1, -0.05) is 25.9 Å². The molecule has 2 aromatic rings. The molecule has 1 amide bonds. The van der Waals surface area contributed by atoms with Gasteiger partial charge in [0.1, 0.15) is 0 Å². The van der Waals surface area contributed by atoms with Gasteiger partial charge < -0.3 is 15.2 Å². The molecule has 6 nitrogen and oxygen atoms in total. The van der Waals surface area contributed by atoms with Crippen molar-refractivity contribution in [3.05, 3.63) is 23.5 Å². The molecule has 1 saturated heterocycles. The van der Waals surface area contributed by atoms with Crippen LogP contribution in [0.5, 0.6) is 0 Å². The van der Waals surface area contributed by atoms with Crippen LogP contribution < -0.4 is 5.73 Å². The van der Waals surface area contributed by atoms with Gasteiger partial charge in [0.15, 0.2) is 0 Å². The number of carbonyl (C=O) groups is 1. The van der Waals surface area contributed by atoms with Gasteiger partial charge in [0.05, 0.1) is 16.6 Å². The summed E-state index contributed by atoms with van der Waals surface area (Å²) in [4.78, 5) is 19.1. The molecular weight excluding hydrogens is 328 g/mol. The van der Waals surface area contributed by atoms with Crippen LogP contribution in [0.4, 0.5) is 0 Å². The van der Waals surface area contributed by atoms with Crippen molar-refractivity contribution >= 4 is 29.4 Å². The number of rotatable bonds is 3. The zero-order valence-corrected chi connectivity index (χ0v) is 15.2. The number of hydrogen-bond donors (Lipinski definition) is 1. The standard InChI is InChI=1S/C17H24N4O2.ClH/c1-10(2)15-14-7-12(9-19-16(14)23-20-15)17(22)21-5-4-11(3)6-13(21)8-18;/h7,9-11,13H,4-6,8,18H2,1-3H3;1H. The summed E-state index contributed by atoms with van der Waals surface area (Å²) in [6, 6.07) is 1.95. The fourth-order valence-corrected chi connectivity index (χ4v) is 3.29. The third-order valence-electron chi connectivity index (χ3n) is 4.66. The third-order valence-corrected chi connectivity index (χ3v) is 4.66. The molecule has 0 aromatic carbocycles. The number of halogens is 1. The van der Waals surface area contributed by atoms with Crippen molar-refractivity contribution in [1.82, 2.24) is 15.0 Å². The minimum Gasteiger partial charge on any atom is -0.336 e. The van der Waals surface area contributed by atoms with E-state index >= 15 is 0 Å². The third kappa shape index (κ3) is 3.39. The van der Waals surface area contributed by atoms with E-state index in [4.69, 9.17) is 10.3 Å². The topological polar surface area (TPSA) is 85.2 Å². The Labute approximate surface area is 148 Å². The number of nitrogens with zero attached hydrogens (tertiary/aromatic N) is 3. The highest BCUT2D eigenvalue weighted by atomic mass is 35.5. The van der Waals surface area contributed by atoms with Crippen LogP contribution in [0.25, 0.3) is 11.1 Å². The van der Waals surface area contributed by atoms with E-state index in [-0.39, 0.29) is 30.3 Å². The fourth-order valence-electron chi connectivity index (χ4n) is 3.29. The molecular formula is C17H25ClN4O2. The first-order valence-corrected chi connectivity index (χ1v) is 8.27. The van der Waals surface area contributed by atoms with Crippen LogP contribution in [0.2, 0.25) is 0 Å². The Balaban J connectivity index is 0.00000208. The Kier molecular flexibility index (Phi) is 5.83. The van der Waals surface area contributed by atoms with Crippen LogP contribution >= 0.6 is 12.4 Å². The maximum absolute atomic E-state index is 12.9. The summed E-state index contributed by atoms with van der Waals surface area (Å²) in [5.41, 5.74) is 7.77. The lowest BCUT2D eigenvalue weighted by atomic mass is 9.92. The SMILES string of the molecule is CC1CCN(C(=O)c2cnc3onc(C(C)C)c3c2)C(CN)C1.Cl. The number of pyridine rings is 1. The zero-order chi connectivity index (χ0) is 16.6. The molecule has 132 valence electrons. The lowest BCUT2D eigenvalue weighted by Gasteiger charge is -2.38. The summed E-state index contributed by atoms with van der Waals surface area (Å²) in [6.07, 6.45) is 3.55. The molecule has 0 aliphatic carbocycles. The predicted octanol–water partition coefficient (Wildman–Crippen LogP) is 2.97. The summed E-state index contributed by atoms with van der Waals surface area (Å²) < 4.78 is 5.24. The first-order chi connectivity index (χ1) is 11.0. The molecule has 0 saturated carbocycles. The maximum atomic E-state index is 12.9. The monoisotopic (exact) mass is 352 g/mol. The number of carbonyl (C=O) groups excluding carboxylic acids is 1. The number of fused-ring (bicyclic) bond motifs is 1. The Bertz CT molecular complexity index is 716. The molecule has 3 heterocycles. The van der Waals surface area contributed by atoms with Crippen LogP contribution in [-0.4, -0.2) is 40.1 Å². The van der Waals surface area contributed by atoms with Crippen LogP contribution in [0.15, 0.2) is 16.8 Å². The summed E-state index contributed by atoms with van der Waals surface area (Å²) in [6.45, 7) is 7.55. The highest BCUT2D eigenvalue weighted by molar-refractivity contribution is 5.97. The molecule has 1 fully saturated rings. The summed E-state index contributed by atoms with van der Waals surface area (Å²) >= 11 is 0. The smallest absolute Gasteiger partial charge is 0.257 e. The van der Waals surface area contributed by atoms with Crippen molar-refractivity contribution < 1.29 is 9.32 Å². The van der Waals surface area contributed by atoms with Gasteiger partial charge in [0.25, 0.3) is 11.6 Å². The minimum absolute atomic E-state index is 0. The molecule has 3 rings (SSSR count). The van der Waals surface area contributed by atoms with Crippen molar-refractivity contribution in [3.8, 4) is 0 Å². The van der Waals surface area contributed by atoms with Gasteiger partial charge in [-0.3, -0.25) is 4.79 Å². The van der Waals surface area contributed by atoms with Gasteiger partial charge in [-0.15, -0.1) is 12.4 Å². The van der Waals surface area contributed by atoms with Gasteiger partial charge in [-0.25, -0.2) is 4.98 Å². The molecule has 2 N–H and O–H groups in total. The van der Waals surface area contributed by atoms with Crippen molar-refractivity contribution in [2.24, 2.45) is 11.7 Å². The number of likely N-dealkylation sites (tertiary alicyclic amines) is 1. The second-order valence-electron chi connectivity index (χ2n) is 6.82. The maximum Gasteiger partial charge on any atom is 0.257 e. The molecule has 2 unspecified atom stereocenters. The summed E-state index contributed by atoms with van der Waals surface area (Å²) in [5.74, 6) is 0.826. The van der Waals surface area contributed by atoms with E-state index in [1.54, 1.807) is 6.20 Å². The van der Waals surface area contributed by atoms with E-state index in [0.717, 1.165) is 30.5 Å². The van der Waals surface area contributed by atoms with Crippen LogP contribution in [0.1, 0.15) is 55.6 Å². The number of nitrogens with two attached hydrogens (primary N) is 1. The minimum atomic E-state index is -0.00217. The molecule has 0 radical (unpaired) electrons. The number of hydrogen-bond acceptors (Lipinski definition) is 5. The van der Waals surface area contributed by atoms with Crippen LogP contribution in [0.3, 0.4) is 0 Å². The molecule has 2 aromatic heterocycles. The van der Waals surface area contributed by atoms with Crippen molar-refractivity contribution in [3.63, 3.8) is 0 Å². The summed E-state index contributed by atoms with van der Waals surface area (Å²) in [7, 11) is 0. The Morgan fingerprint density at radius 2 is 2.25 bits per heavy atom. The lowest BCUT2D eigenvalue weighted by Crippen LogP contribution is -2.49. The van der Waals surface area contributed by atoms with E-state index in [1.165, 1.54) is 0 Å². The summed E-state index contributed by atoms with van der Waals surface area (Å²) in [5, 5.41) is 4.89. The lowest BCUT2D eigenvalue weighted by molar-refractivity contribution is 0.0573. The largest absolute Gasteiger partial charge is 0.336 e. The van der Waals surface area contributed by atoms with Gasteiger partial charge in [-0.2, -0.15) is 0 Å². The van der Waals surface area contributed by atoms with Crippen molar-refractivity contribution in [2.45, 2.75) is 45.6 Å². The van der Waals surface area contributed by atoms with Gasteiger partial charge >= 0.3 is 0 Å². The number of aromatic nitrogens is 2. The highest BCUT2D eigenvalue weighted by Crippen LogP contribution is 2.27. The number of amides is 1. The van der Waals surface area contributed by atoms with Gasteiger partial charge in [-0.05, 0) is 30.7 Å². The Morgan fingerprint density at radius 1 is 1.50 bits per heavy atom. The zero-order valence-electron chi connectivity index (χ0n) is 14.4. The Morgan fingerprint density at radius 3 is 2.92 bits per heavy atom. The highest BCUT2D eigenvalue weighted by Gasteiger charge is 2.30. The second kappa shape index (κ2) is 7.49. The van der Waals surface area contributed by atoms with Gasteiger partial charge in [0.2, 0.25) is 0 Å². The van der Waals surface area contributed by atoms with Crippen LogP contribution in [0, 0.1) is 5.92 Å². The molecule has 1 aliphatic heterocycles. The first-order valence-electron chi connectivity index (χ1n) is 8.27. The van der Waals surface area contributed by atoms with E-state index in [9.17, 15) is 4.79 Å². The molecule has 2 atom stereocenters. The van der Waals surface area contributed by atoms with E-state index in [2.05, 4.69) is 17.1 Å². The Hall–Kier alpha value is -1.66. The molecule has 24 heavy (non-hydrogen) atoms. The second-order valence-corrected chi connectivity index (χ2v) is 6.82. The van der Waals surface area contributed by atoms with E-state index in [0.29, 0.717) is 23.7 Å². The first kappa shape index (κ1) is 18.7. The molecule has 0 spiro atoms. The molecule has 7 heteroatoms. The van der Waals surface area contributed by atoms with E-state index in [1.807, 2.05) is 24.8 Å². The van der Waals surface area contributed by atoms with Crippen LogP contribution in [-0.2, 0) is 0 Å². The van der Waals surface area contributed by atoms with Crippen molar-refractivity contribution in [1.29, 1.82) is 0 Å². The fraction of sp³-hybridized carbons (Fsp3) is 0.588. The normalized spacial score (nSPS) is 21.1. The molecule has 1 aliphatic rings. The quantitative estimate of drug-likeness (QED) is 0.917. The van der Waals surface area contributed by atoms with Gasteiger partial charge in [0, 0.05) is 25.3 Å². The average Bonchev–Trinajstić information content (AvgIpc) is 2.97. The van der Waals surface area contributed by atoms with Crippen molar-refractivity contribution in [2.75, 3.05) is 13.1 Å². The molecule has 0 bridgehead atoms.